The van der Waals surface area contributed by atoms with E-state index in [2.05, 4.69) is 15.0 Å². The molecule has 1 heterocycles. The highest BCUT2D eigenvalue weighted by molar-refractivity contribution is 6.44. The molecular weight excluding hydrogens is 636 g/mol. The van der Waals surface area contributed by atoms with E-state index in [9.17, 15) is 33.6 Å². The Balaban J connectivity index is 1.83. The number of ether oxygens (including phenoxy) is 4. The normalized spacial score (nSPS) is 19.9. The number of carbonyl (C=O) groups excluding carboxylic acids is 7. The Morgan fingerprint density at radius 1 is 0.898 bits per heavy atom. The molecular formula is C36H44N2O11. The lowest BCUT2D eigenvalue weighted by Crippen LogP contribution is -2.46. The van der Waals surface area contributed by atoms with Crippen LogP contribution in [0.1, 0.15) is 70.6 Å². The van der Waals surface area contributed by atoms with Crippen molar-refractivity contribution in [1.82, 2.24) is 10.3 Å². The molecule has 0 amide bonds. The molecule has 4 atom stereocenters. The average molecular weight is 681 g/mol. The summed E-state index contributed by atoms with van der Waals surface area (Å²) in [6, 6.07) is 8.87. The van der Waals surface area contributed by atoms with Crippen molar-refractivity contribution in [2.24, 2.45) is 17.8 Å². The van der Waals surface area contributed by atoms with Crippen LogP contribution in [0.15, 0.2) is 42.6 Å². The minimum absolute atomic E-state index is 0.0130. The third-order valence-electron chi connectivity index (χ3n) is 8.27. The van der Waals surface area contributed by atoms with Gasteiger partial charge in [0.2, 0.25) is 23.1 Å². The van der Waals surface area contributed by atoms with Crippen molar-refractivity contribution in [1.29, 1.82) is 0 Å². The first kappa shape index (κ1) is 38.7. The molecule has 0 bridgehead atoms. The Hall–Kier alpha value is -4.78. The van der Waals surface area contributed by atoms with Gasteiger partial charge in [0.1, 0.15) is 11.8 Å². The highest BCUT2D eigenvalue weighted by atomic mass is 16.6. The number of Topliss-reactive ketones (excluding diaryl/α,β-unsaturated/α-hetero) is 4. The van der Waals surface area contributed by atoms with Gasteiger partial charge in [0, 0.05) is 38.1 Å². The van der Waals surface area contributed by atoms with Crippen LogP contribution in [-0.4, -0.2) is 72.4 Å². The van der Waals surface area contributed by atoms with E-state index in [-0.39, 0.29) is 49.0 Å². The monoisotopic (exact) mass is 680 g/mol. The third-order valence-corrected chi connectivity index (χ3v) is 8.27. The van der Waals surface area contributed by atoms with Crippen molar-refractivity contribution in [2.75, 3.05) is 14.2 Å². The fraction of sp³-hybridized carbons (Fsp3) is 0.500. The lowest BCUT2D eigenvalue weighted by Gasteiger charge is -2.29. The molecule has 1 aliphatic carbocycles. The van der Waals surface area contributed by atoms with Crippen LogP contribution in [-0.2, 0) is 56.0 Å². The number of hydrogen-bond donors (Lipinski definition) is 1. The smallest absolute Gasteiger partial charge is 0.311 e. The maximum atomic E-state index is 13.7. The first-order valence-corrected chi connectivity index (χ1v) is 16.3. The largest absolute Gasteiger partial charge is 0.493 e. The predicted molar refractivity (Wildman–Crippen MR) is 174 cm³/mol. The summed E-state index contributed by atoms with van der Waals surface area (Å²) in [7, 11) is 2.68. The third kappa shape index (κ3) is 10.9. The molecule has 0 unspecified atom stereocenters. The van der Waals surface area contributed by atoms with Crippen molar-refractivity contribution in [3.8, 4) is 11.5 Å². The number of carbonyl (C=O) groups is 7. The number of methoxy groups -OCH3 is 2. The van der Waals surface area contributed by atoms with Crippen molar-refractivity contribution < 1.29 is 52.5 Å². The molecule has 1 aromatic heterocycles. The molecule has 1 aromatic carbocycles. The Kier molecular flexibility index (Phi) is 14.7. The highest BCUT2D eigenvalue weighted by Crippen LogP contribution is 2.31. The molecule has 2 aromatic rings. The topological polar surface area (TPSA) is 181 Å². The molecule has 13 heteroatoms. The summed E-state index contributed by atoms with van der Waals surface area (Å²) in [6.45, 7) is 4.37. The number of esters is 3. The molecule has 1 aliphatic rings. The van der Waals surface area contributed by atoms with Crippen LogP contribution >= 0.6 is 0 Å². The van der Waals surface area contributed by atoms with Crippen molar-refractivity contribution in [2.45, 2.75) is 84.4 Å². The van der Waals surface area contributed by atoms with E-state index in [4.69, 9.17) is 14.2 Å². The van der Waals surface area contributed by atoms with E-state index in [0.717, 1.165) is 0 Å². The Morgan fingerprint density at radius 2 is 1.57 bits per heavy atom. The molecule has 0 saturated heterocycles. The molecule has 1 saturated carbocycles. The van der Waals surface area contributed by atoms with E-state index >= 15 is 0 Å². The summed E-state index contributed by atoms with van der Waals surface area (Å²) < 4.78 is 21.2. The van der Waals surface area contributed by atoms with Gasteiger partial charge in [-0.05, 0) is 24.8 Å². The van der Waals surface area contributed by atoms with E-state index < -0.39 is 71.4 Å². The zero-order valence-electron chi connectivity index (χ0n) is 28.5. The second kappa shape index (κ2) is 18.7. The van der Waals surface area contributed by atoms with Crippen LogP contribution < -0.4 is 14.8 Å². The maximum absolute atomic E-state index is 13.7. The van der Waals surface area contributed by atoms with E-state index in [1.165, 1.54) is 33.4 Å². The summed E-state index contributed by atoms with van der Waals surface area (Å²) in [4.78, 5) is 95.4. The SMILES string of the molecule is COC(=O)CCCCCC(=O)Oc1c(OC)ccnc1CN[C@H]1CC(=O)C(=O)[C@H](Cc2ccccc2)[C@H](OC(=O)C(C)C)[C@H](C)C(=O)C1=O. The number of pyridine rings is 1. The molecule has 264 valence electrons. The summed E-state index contributed by atoms with van der Waals surface area (Å²) in [5, 5.41) is 2.86. The van der Waals surface area contributed by atoms with Crippen molar-refractivity contribution in [3.63, 3.8) is 0 Å². The number of hydrogen-bond acceptors (Lipinski definition) is 13. The Labute approximate surface area is 285 Å². The molecule has 0 radical (unpaired) electrons. The summed E-state index contributed by atoms with van der Waals surface area (Å²) >= 11 is 0. The minimum atomic E-state index is -1.42. The molecule has 49 heavy (non-hydrogen) atoms. The van der Waals surface area contributed by atoms with Gasteiger partial charge in [-0.25, -0.2) is 0 Å². The Morgan fingerprint density at radius 3 is 2.20 bits per heavy atom. The number of nitrogens with one attached hydrogen (secondary N) is 1. The summed E-state index contributed by atoms with van der Waals surface area (Å²) in [5.74, 6) is -8.07. The molecule has 3 rings (SSSR count). The number of nitrogens with zero attached hydrogens (tertiary/aromatic N) is 1. The predicted octanol–water partition coefficient (Wildman–Crippen LogP) is 3.32. The lowest BCUT2D eigenvalue weighted by atomic mass is 9.81. The standard InChI is InChI=1S/C36H44N2O11/c1-21(2)36(45)49-34-22(3)31(42)33(44)25(19-27(39)32(43)24(34)18-23-12-8-6-9-13-23)38-20-26-35(28(46-4)16-17-37-26)48-30(41)15-11-7-10-14-29(40)47-5/h6,8-9,12-13,16-17,21-22,24-25,34,38H,7,10-11,14-15,18-20H2,1-5H3/t22-,24+,25+,34-/m1/s1. The number of aromatic nitrogens is 1. The van der Waals surface area contributed by atoms with Gasteiger partial charge in [0.25, 0.3) is 0 Å². The van der Waals surface area contributed by atoms with Gasteiger partial charge in [-0.15, -0.1) is 0 Å². The van der Waals surface area contributed by atoms with Gasteiger partial charge in [-0.1, -0.05) is 57.5 Å². The van der Waals surface area contributed by atoms with Crippen LogP contribution in [0.3, 0.4) is 0 Å². The number of unbranched alkanes of at least 4 members (excludes halogenated alkanes) is 2. The minimum Gasteiger partial charge on any atom is -0.493 e. The quantitative estimate of drug-likeness (QED) is 0.165. The highest BCUT2D eigenvalue weighted by Gasteiger charge is 2.46. The zero-order chi connectivity index (χ0) is 36.1. The van der Waals surface area contributed by atoms with Crippen LogP contribution in [0.4, 0.5) is 0 Å². The second-order valence-corrected chi connectivity index (χ2v) is 12.2. The van der Waals surface area contributed by atoms with Crippen molar-refractivity contribution in [3.05, 3.63) is 53.9 Å². The Bertz CT molecular complexity index is 1520. The van der Waals surface area contributed by atoms with Gasteiger partial charge in [-0.3, -0.25) is 38.5 Å². The first-order valence-electron chi connectivity index (χ1n) is 16.3. The summed E-state index contributed by atoms with van der Waals surface area (Å²) in [5.41, 5.74) is 0.836. The molecule has 1 fully saturated rings. The van der Waals surface area contributed by atoms with Gasteiger partial charge < -0.3 is 24.3 Å². The van der Waals surface area contributed by atoms with Crippen LogP contribution in [0.25, 0.3) is 0 Å². The van der Waals surface area contributed by atoms with Crippen LogP contribution in [0, 0.1) is 17.8 Å². The molecule has 0 spiro atoms. The molecule has 1 N–H and O–H groups in total. The fourth-order valence-corrected chi connectivity index (χ4v) is 5.39. The van der Waals surface area contributed by atoms with E-state index in [0.29, 0.717) is 24.8 Å². The second-order valence-electron chi connectivity index (χ2n) is 12.2. The van der Waals surface area contributed by atoms with Crippen molar-refractivity contribution >= 4 is 41.0 Å². The zero-order valence-corrected chi connectivity index (χ0v) is 28.5. The van der Waals surface area contributed by atoms with Gasteiger partial charge in [0.15, 0.2) is 11.5 Å². The van der Waals surface area contributed by atoms with Gasteiger partial charge in [-0.2, -0.15) is 0 Å². The van der Waals surface area contributed by atoms with E-state index in [1.807, 2.05) is 0 Å². The number of ketones is 4. The first-order chi connectivity index (χ1) is 23.4. The lowest BCUT2D eigenvalue weighted by molar-refractivity contribution is -0.163. The fourth-order valence-electron chi connectivity index (χ4n) is 5.39. The van der Waals surface area contributed by atoms with Crippen LogP contribution in [0.5, 0.6) is 11.5 Å². The maximum Gasteiger partial charge on any atom is 0.311 e. The number of rotatable bonds is 15. The summed E-state index contributed by atoms with van der Waals surface area (Å²) in [6.07, 6.45) is 1.31. The average Bonchev–Trinajstić information content (AvgIpc) is 3.11. The number of benzene rings is 1. The van der Waals surface area contributed by atoms with Gasteiger partial charge >= 0.3 is 17.9 Å². The molecule has 13 nitrogen and oxygen atoms in total. The van der Waals surface area contributed by atoms with Crippen LogP contribution in [0.2, 0.25) is 0 Å². The van der Waals surface area contributed by atoms with Gasteiger partial charge in [0.05, 0.1) is 38.0 Å². The van der Waals surface area contributed by atoms with E-state index in [1.54, 1.807) is 44.2 Å². The molecule has 0 aliphatic heterocycles.